The quantitative estimate of drug-likeness (QED) is 0.843. The van der Waals surface area contributed by atoms with Crippen LogP contribution in [0.1, 0.15) is 24.3 Å². The van der Waals surface area contributed by atoms with Crippen molar-refractivity contribution in [2.45, 2.75) is 25.9 Å². The molecular weight excluding hydrogens is 276 g/mol. The molecule has 0 spiro atoms. The van der Waals surface area contributed by atoms with Crippen LogP contribution in [0.2, 0.25) is 0 Å². The van der Waals surface area contributed by atoms with Crippen molar-refractivity contribution in [2.24, 2.45) is 0 Å². The zero-order chi connectivity index (χ0) is 13.4. The Morgan fingerprint density at radius 1 is 1.35 bits per heavy atom. The fourth-order valence-corrected chi connectivity index (χ4v) is 2.61. The van der Waals surface area contributed by atoms with E-state index in [1.807, 2.05) is 29.2 Å². The average Bonchev–Trinajstić information content (AvgIpc) is 2.85. The predicted molar refractivity (Wildman–Crippen MR) is 81.3 cm³/mol. The Hall–Kier alpha value is -1.59. The second-order valence-corrected chi connectivity index (χ2v) is 5.10. The molecule has 1 aliphatic heterocycles. The summed E-state index contributed by atoms with van der Waals surface area (Å²) in [6.45, 7) is 5.74. The Morgan fingerprint density at radius 3 is 2.90 bits per heavy atom. The Balaban J connectivity index is 0.00000147. The molecule has 3 rings (SSSR count). The number of aromatic nitrogens is 2. The van der Waals surface area contributed by atoms with E-state index in [-0.39, 0.29) is 24.4 Å². The van der Waals surface area contributed by atoms with E-state index in [0.29, 0.717) is 11.7 Å². The zero-order valence-electron chi connectivity index (χ0n) is 11.6. The van der Waals surface area contributed by atoms with Gasteiger partial charge in [-0.15, -0.1) is 12.4 Å². The molecule has 5 nitrogen and oxygen atoms in total. The third-order valence-electron chi connectivity index (χ3n) is 3.97. The van der Waals surface area contributed by atoms with Crippen LogP contribution in [-0.2, 0) is 0 Å². The molecule has 1 saturated heterocycles. The number of amides is 1. The minimum Gasteiger partial charge on any atom is -0.332 e. The smallest absolute Gasteiger partial charge is 0.275 e. The molecule has 108 valence electrons. The highest BCUT2D eigenvalue weighted by Gasteiger charge is 2.30. The molecule has 20 heavy (non-hydrogen) atoms. The standard InChI is InChI=1S/C14H18N4O.ClH/c1-9-10(2)18(8-7-15-9)14(19)13-11-5-3-4-6-12(11)16-17-13;/h3-6,9-10,15H,7-8H2,1-2H3,(H,16,17);1H. The van der Waals surface area contributed by atoms with Gasteiger partial charge in [0.25, 0.3) is 5.91 Å². The van der Waals surface area contributed by atoms with E-state index in [1.165, 1.54) is 0 Å². The summed E-state index contributed by atoms with van der Waals surface area (Å²) in [5, 5.41) is 11.4. The Bertz CT molecular complexity index is 612. The molecule has 1 fully saturated rings. The van der Waals surface area contributed by atoms with E-state index < -0.39 is 0 Å². The van der Waals surface area contributed by atoms with Crippen molar-refractivity contribution in [3.8, 4) is 0 Å². The number of para-hydroxylation sites is 1. The van der Waals surface area contributed by atoms with E-state index >= 15 is 0 Å². The molecule has 1 aliphatic rings. The van der Waals surface area contributed by atoms with Crippen LogP contribution >= 0.6 is 12.4 Å². The molecule has 1 amide bonds. The lowest BCUT2D eigenvalue weighted by molar-refractivity contribution is 0.0599. The van der Waals surface area contributed by atoms with Gasteiger partial charge in [-0.05, 0) is 19.9 Å². The van der Waals surface area contributed by atoms with Gasteiger partial charge >= 0.3 is 0 Å². The number of fused-ring (bicyclic) bond motifs is 1. The molecule has 2 atom stereocenters. The summed E-state index contributed by atoms with van der Waals surface area (Å²) in [6, 6.07) is 8.22. The van der Waals surface area contributed by atoms with Gasteiger partial charge in [0.05, 0.1) is 5.52 Å². The van der Waals surface area contributed by atoms with Crippen molar-refractivity contribution < 1.29 is 4.79 Å². The topological polar surface area (TPSA) is 61.0 Å². The molecule has 2 heterocycles. The summed E-state index contributed by atoms with van der Waals surface area (Å²) in [5.74, 6) is 0.0123. The fourth-order valence-electron chi connectivity index (χ4n) is 2.61. The lowest BCUT2D eigenvalue weighted by atomic mass is 10.1. The highest BCUT2D eigenvalue weighted by atomic mass is 35.5. The second-order valence-electron chi connectivity index (χ2n) is 5.10. The normalized spacial score (nSPS) is 22.6. The number of carbonyl (C=O) groups is 1. The van der Waals surface area contributed by atoms with Gasteiger partial charge in [0.15, 0.2) is 5.69 Å². The summed E-state index contributed by atoms with van der Waals surface area (Å²) in [4.78, 5) is 14.6. The maximum absolute atomic E-state index is 12.6. The van der Waals surface area contributed by atoms with Gasteiger partial charge in [-0.1, -0.05) is 18.2 Å². The highest BCUT2D eigenvalue weighted by molar-refractivity contribution is 6.04. The first-order valence-electron chi connectivity index (χ1n) is 6.66. The van der Waals surface area contributed by atoms with Gasteiger partial charge in [0.1, 0.15) is 0 Å². The number of aromatic amines is 1. The van der Waals surface area contributed by atoms with E-state index in [1.54, 1.807) is 0 Å². The van der Waals surface area contributed by atoms with Crippen LogP contribution in [-0.4, -0.2) is 46.2 Å². The summed E-state index contributed by atoms with van der Waals surface area (Å²) in [6.07, 6.45) is 0. The van der Waals surface area contributed by atoms with Crippen LogP contribution in [0.15, 0.2) is 24.3 Å². The Morgan fingerprint density at radius 2 is 2.10 bits per heavy atom. The molecule has 1 aromatic heterocycles. The highest BCUT2D eigenvalue weighted by Crippen LogP contribution is 2.19. The van der Waals surface area contributed by atoms with Crippen molar-refractivity contribution in [1.82, 2.24) is 20.4 Å². The van der Waals surface area contributed by atoms with Crippen LogP contribution in [0.4, 0.5) is 0 Å². The third-order valence-corrected chi connectivity index (χ3v) is 3.97. The average molecular weight is 295 g/mol. The lowest BCUT2D eigenvalue weighted by Crippen LogP contribution is -2.57. The number of hydrogen-bond acceptors (Lipinski definition) is 3. The van der Waals surface area contributed by atoms with E-state index in [9.17, 15) is 4.79 Å². The van der Waals surface area contributed by atoms with Crippen molar-refractivity contribution in [3.05, 3.63) is 30.0 Å². The summed E-state index contributed by atoms with van der Waals surface area (Å²) in [7, 11) is 0. The largest absolute Gasteiger partial charge is 0.332 e. The van der Waals surface area contributed by atoms with Gasteiger partial charge in [-0.2, -0.15) is 5.10 Å². The molecular formula is C14H19ClN4O. The minimum atomic E-state index is 0. The van der Waals surface area contributed by atoms with Gasteiger partial charge in [-0.3, -0.25) is 9.89 Å². The van der Waals surface area contributed by atoms with Crippen LogP contribution < -0.4 is 5.32 Å². The first-order chi connectivity index (χ1) is 9.18. The molecule has 1 aromatic carbocycles. The maximum atomic E-state index is 12.6. The van der Waals surface area contributed by atoms with Crippen molar-refractivity contribution in [1.29, 1.82) is 0 Å². The molecule has 0 aliphatic carbocycles. The Kier molecular flexibility index (Phi) is 4.30. The van der Waals surface area contributed by atoms with Gasteiger partial charge in [0.2, 0.25) is 0 Å². The first-order valence-corrected chi connectivity index (χ1v) is 6.66. The zero-order valence-corrected chi connectivity index (χ0v) is 12.4. The van der Waals surface area contributed by atoms with Gasteiger partial charge in [-0.25, -0.2) is 0 Å². The van der Waals surface area contributed by atoms with Gasteiger partial charge < -0.3 is 10.2 Å². The molecule has 0 saturated carbocycles. The number of H-pyrrole nitrogens is 1. The molecule has 6 heteroatoms. The van der Waals surface area contributed by atoms with Crippen LogP contribution in [0.25, 0.3) is 10.9 Å². The molecule has 2 N–H and O–H groups in total. The van der Waals surface area contributed by atoms with E-state index in [2.05, 4.69) is 29.4 Å². The number of carbonyl (C=O) groups excluding carboxylic acids is 1. The number of halogens is 1. The first kappa shape index (κ1) is 14.8. The number of piperazine rings is 1. The number of rotatable bonds is 1. The van der Waals surface area contributed by atoms with Crippen LogP contribution in [0.5, 0.6) is 0 Å². The van der Waals surface area contributed by atoms with Crippen molar-refractivity contribution in [2.75, 3.05) is 13.1 Å². The predicted octanol–water partition coefficient (Wildman–Crippen LogP) is 1.81. The van der Waals surface area contributed by atoms with Crippen molar-refractivity contribution >= 4 is 29.2 Å². The van der Waals surface area contributed by atoms with Crippen molar-refractivity contribution in [3.63, 3.8) is 0 Å². The van der Waals surface area contributed by atoms with Gasteiger partial charge in [0, 0.05) is 30.6 Å². The number of nitrogens with one attached hydrogen (secondary N) is 2. The Labute approximate surface area is 124 Å². The van der Waals surface area contributed by atoms with E-state index in [0.717, 1.165) is 24.0 Å². The number of benzene rings is 1. The molecule has 2 aromatic rings. The SMILES string of the molecule is CC1NCCN(C(=O)c2n[nH]c3ccccc23)C1C.Cl. The number of nitrogens with zero attached hydrogens (tertiary/aromatic N) is 2. The molecule has 0 radical (unpaired) electrons. The summed E-state index contributed by atoms with van der Waals surface area (Å²) < 4.78 is 0. The van der Waals surface area contributed by atoms with E-state index in [4.69, 9.17) is 0 Å². The molecule has 2 unspecified atom stereocenters. The third kappa shape index (κ3) is 2.39. The summed E-state index contributed by atoms with van der Waals surface area (Å²) >= 11 is 0. The fraction of sp³-hybridized carbons (Fsp3) is 0.429. The minimum absolute atomic E-state index is 0. The molecule has 0 bridgehead atoms. The monoisotopic (exact) mass is 294 g/mol. The lowest BCUT2D eigenvalue weighted by Gasteiger charge is -2.38. The van der Waals surface area contributed by atoms with Crippen LogP contribution in [0.3, 0.4) is 0 Å². The second kappa shape index (κ2) is 5.81. The maximum Gasteiger partial charge on any atom is 0.275 e. The summed E-state index contributed by atoms with van der Waals surface area (Å²) in [5.41, 5.74) is 1.43. The number of hydrogen-bond donors (Lipinski definition) is 2. The van der Waals surface area contributed by atoms with Crippen LogP contribution in [0, 0.1) is 0 Å².